The summed E-state index contributed by atoms with van der Waals surface area (Å²) in [6.07, 6.45) is 1.92. The van der Waals surface area contributed by atoms with Crippen LogP contribution in [0.3, 0.4) is 0 Å². The molecule has 1 rings (SSSR count). The molecule has 0 fully saturated rings. The molecule has 0 spiro atoms. The van der Waals surface area contributed by atoms with Gasteiger partial charge < -0.3 is 10.1 Å². The monoisotopic (exact) mass is 221 g/mol. The maximum atomic E-state index is 10.9. The summed E-state index contributed by atoms with van der Waals surface area (Å²) in [6, 6.07) is 6.87. The van der Waals surface area contributed by atoms with Gasteiger partial charge in [0.2, 0.25) is 5.91 Å². The maximum absolute atomic E-state index is 10.9. The van der Waals surface area contributed by atoms with Gasteiger partial charge in [-0.2, -0.15) is 0 Å². The molecule has 0 atom stereocenters. The number of hydrogen-bond donors (Lipinski definition) is 1. The van der Waals surface area contributed by atoms with E-state index in [0.29, 0.717) is 30.8 Å². The van der Waals surface area contributed by atoms with Crippen LogP contribution in [0.4, 0.5) is 0 Å². The molecule has 0 aliphatic carbocycles. The number of carbonyl (C=O) groups excluding carboxylic acids is 2. The smallest absolute Gasteiger partial charge is 0.219 e. The van der Waals surface area contributed by atoms with Crippen LogP contribution in [0.1, 0.15) is 23.2 Å². The van der Waals surface area contributed by atoms with Gasteiger partial charge >= 0.3 is 0 Å². The van der Waals surface area contributed by atoms with E-state index in [-0.39, 0.29) is 5.91 Å². The Labute approximate surface area is 94.6 Å². The summed E-state index contributed by atoms with van der Waals surface area (Å²) >= 11 is 0. The standard InChI is InChI=1S/C12H15NO3/c1-13-12(15)3-2-8-16-11-6-4-10(9-14)5-7-11/h4-7,9H,2-3,8H2,1H3,(H,13,15). The summed E-state index contributed by atoms with van der Waals surface area (Å²) in [6.45, 7) is 0.494. The quantitative estimate of drug-likeness (QED) is 0.583. The lowest BCUT2D eigenvalue weighted by Crippen LogP contribution is -2.18. The van der Waals surface area contributed by atoms with Gasteiger partial charge in [0, 0.05) is 19.0 Å². The van der Waals surface area contributed by atoms with Crippen LogP contribution in [0.5, 0.6) is 5.75 Å². The van der Waals surface area contributed by atoms with Crippen molar-refractivity contribution in [2.45, 2.75) is 12.8 Å². The molecule has 0 saturated carbocycles. The number of aldehydes is 1. The molecule has 16 heavy (non-hydrogen) atoms. The highest BCUT2D eigenvalue weighted by molar-refractivity contribution is 5.75. The zero-order valence-corrected chi connectivity index (χ0v) is 9.23. The first-order valence-corrected chi connectivity index (χ1v) is 5.15. The van der Waals surface area contributed by atoms with Gasteiger partial charge in [-0.05, 0) is 30.7 Å². The van der Waals surface area contributed by atoms with E-state index in [1.807, 2.05) is 0 Å². The van der Waals surface area contributed by atoms with Crippen LogP contribution in [0, 0.1) is 0 Å². The van der Waals surface area contributed by atoms with Crippen molar-refractivity contribution in [2.24, 2.45) is 0 Å². The summed E-state index contributed by atoms with van der Waals surface area (Å²) in [5.41, 5.74) is 0.623. The first-order valence-electron chi connectivity index (χ1n) is 5.15. The molecular formula is C12H15NO3. The van der Waals surface area contributed by atoms with Gasteiger partial charge in [0.25, 0.3) is 0 Å². The first-order chi connectivity index (χ1) is 7.76. The summed E-state index contributed by atoms with van der Waals surface area (Å²) in [5.74, 6) is 0.724. The summed E-state index contributed by atoms with van der Waals surface area (Å²) < 4.78 is 5.40. The molecule has 1 aromatic carbocycles. The molecule has 4 heteroatoms. The largest absolute Gasteiger partial charge is 0.494 e. The third-order valence-corrected chi connectivity index (χ3v) is 2.11. The number of ether oxygens (including phenoxy) is 1. The Morgan fingerprint density at radius 2 is 2.06 bits per heavy atom. The van der Waals surface area contributed by atoms with Crippen LogP contribution in [0.15, 0.2) is 24.3 Å². The summed E-state index contributed by atoms with van der Waals surface area (Å²) in [7, 11) is 1.61. The molecule has 0 saturated heterocycles. The van der Waals surface area contributed by atoms with Gasteiger partial charge in [-0.3, -0.25) is 9.59 Å². The molecule has 0 radical (unpaired) electrons. The van der Waals surface area contributed by atoms with Gasteiger partial charge in [0.15, 0.2) is 0 Å². The average molecular weight is 221 g/mol. The van der Waals surface area contributed by atoms with E-state index in [1.54, 1.807) is 31.3 Å². The van der Waals surface area contributed by atoms with E-state index in [0.717, 1.165) is 6.29 Å². The fraction of sp³-hybridized carbons (Fsp3) is 0.333. The van der Waals surface area contributed by atoms with Crippen molar-refractivity contribution in [2.75, 3.05) is 13.7 Å². The predicted molar refractivity (Wildman–Crippen MR) is 60.6 cm³/mol. The molecule has 86 valence electrons. The third kappa shape index (κ3) is 4.13. The fourth-order valence-corrected chi connectivity index (χ4v) is 1.19. The van der Waals surface area contributed by atoms with Crippen molar-refractivity contribution in [3.8, 4) is 5.75 Å². The number of amides is 1. The highest BCUT2D eigenvalue weighted by Crippen LogP contribution is 2.11. The number of hydrogen-bond acceptors (Lipinski definition) is 3. The maximum Gasteiger partial charge on any atom is 0.219 e. The Morgan fingerprint density at radius 1 is 1.38 bits per heavy atom. The highest BCUT2D eigenvalue weighted by atomic mass is 16.5. The minimum atomic E-state index is 0.0138. The SMILES string of the molecule is CNC(=O)CCCOc1ccc(C=O)cc1. The van der Waals surface area contributed by atoms with Gasteiger partial charge in [-0.1, -0.05) is 0 Å². The normalized spacial score (nSPS) is 9.56. The fourth-order valence-electron chi connectivity index (χ4n) is 1.19. The molecule has 0 heterocycles. The van der Waals surface area contributed by atoms with E-state index < -0.39 is 0 Å². The van der Waals surface area contributed by atoms with Crippen LogP contribution in [0.2, 0.25) is 0 Å². The van der Waals surface area contributed by atoms with Gasteiger partial charge in [-0.25, -0.2) is 0 Å². The van der Waals surface area contributed by atoms with Crippen molar-refractivity contribution in [1.29, 1.82) is 0 Å². The molecule has 0 bridgehead atoms. The summed E-state index contributed by atoms with van der Waals surface area (Å²) in [4.78, 5) is 21.3. The Balaban J connectivity index is 2.26. The van der Waals surface area contributed by atoms with Crippen LogP contribution in [0.25, 0.3) is 0 Å². The van der Waals surface area contributed by atoms with E-state index in [1.165, 1.54) is 0 Å². The van der Waals surface area contributed by atoms with Crippen LogP contribution >= 0.6 is 0 Å². The minimum Gasteiger partial charge on any atom is -0.494 e. The van der Waals surface area contributed by atoms with E-state index in [9.17, 15) is 9.59 Å². The van der Waals surface area contributed by atoms with E-state index in [4.69, 9.17) is 4.74 Å². The number of rotatable bonds is 6. The lowest BCUT2D eigenvalue weighted by Gasteiger charge is -2.05. The summed E-state index contributed by atoms with van der Waals surface area (Å²) in [5, 5.41) is 2.55. The van der Waals surface area contributed by atoms with Crippen molar-refractivity contribution < 1.29 is 14.3 Å². The molecule has 0 aromatic heterocycles. The lowest BCUT2D eigenvalue weighted by molar-refractivity contribution is -0.120. The molecule has 0 unspecified atom stereocenters. The van der Waals surface area contributed by atoms with Gasteiger partial charge in [0.05, 0.1) is 6.61 Å². The number of nitrogens with one attached hydrogen (secondary N) is 1. The number of carbonyl (C=O) groups is 2. The first kappa shape index (κ1) is 12.2. The second kappa shape index (κ2) is 6.61. The molecule has 0 aliphatic heterocycles. The van der Waals surface area contributed by atoms with Crippen molar-refractivity contribution in [1.82, 2.24) is 5.32 Å². The Morgan fingerprint density at radius 3 is 2.62 bits per heavy atom. The van der Waals surface area contributed by atoms with Crippen LogP contribution < -0.4 is 10.1 Å². The van der Waals surface area contributed by atoms with Crippen LogP contribution in [-0.4, -0.2) is 25.8 Å². The third-order valence-electron chi connectivity index (χ3n) is 2.11. The van der Waals surface area contributed by atoms with Crippen molar-refractivity contribution in [3.05, 3.63) is 29.8 Å². The second-order valence-electron chi connectivity index (χ2n) is 3.31. The minimum absolute atomic E-state index is 0.0138. The van der Waals surface area contributed by atoms with E-state index >= 15 is 0 Å². The zero-order chi connectivity index (χ0) is 11.8. The van der Waals surface area contributed by atoms with E-state index in [2.05, 4.69) is 5.32 Å². The van der Waals surface area contributed by atoms with Crippen molar-refractivity contribution >= 4 is 12.2 Å². The van der Waals surface area contributed by atoms with Gasteiger partial charge in [-0.15, -0.1) is 0 Å². The number of benzene rings is 1. The molecule has 1 aromatic rings. The molecule has 0 aliphatic rings. The average Bonchev–Trinajstić information content (AvgIpc) is 2.35. The molecular weight excluding hydrogens is 206 g/mol. The Bertz CT molecular complexity index is 346. The van der Waals surface area contributed by atoms with Gasteiger partial charge in [0.1, 0.15) is 12.0 Å². The highest BCUT2D eigenvalue weighted by Gasteiger charge is 1.98. The topological polar surface area (TPSA) is 55.4 Å². The molecule has 1 N–H and O–H groups in total. The zero-order valence-electron chi connectivity index (χ0n) is 9.23. The predicted octanol–water partition coefficient (Wildman–Crippen LogP) is 1.40. The Kier molecular flexibility index (Phi) is 5.05. The second-order valence-corrected chi connectivity index (χ2v) is 3.31. The molecule has 1 amide bonds. The Hall–Kier alpha value is -1.84. The molecule has 4 nitrogen and oxygen atoms in total. The lowest BCUT2D eigenvalue weighted by atomic mass is 10.2. The van der Waals surface area contributed by atoms with Crippen LogP contribution in [-0.2, 0) is 4.79 Å². The van der Waals surface area contributed by atoms with Crippen molar-refractivity contribution in [3.63, 3.8) is 0 Å².